The van der Waals surface area contributed by atoms with Crippen molar-refractivity contribution in [1.29, 1.82) is 0 Å². The molecule has 0 saturated carbocycles. The van der Waals surface area contributed by atoms with Crippen molar-refractivity contribution in [3.05, 3.63) is 57.6 Å². The van der Waals surface area contributed by atoms with E-state index < -0.39 is 0 Å². The highest BCUT2D eigenvalue weighted by Crippen LogP contribution is 2.26. The Hall–Kier alpha value is -1.83. The highest BCUT2D eigenvalue weighted by molar-refractivity contribution is 5.67. The molecule has 0 unspecified atom stereocenters. The van der Waals surface area contributed by atoms with E-state index >= 15 is 0 Å². The first-order valence-electron chi connectivity index (χ1n) is 7.39. The van der Waals surface area contributed by atoms with Gasteiger partial charge in [-0.05, 0) is 36.5 Å². The molecule has 0 N–H and O–H groups in total. The minimum absolute atomic E-state index is 0.211. The second-order valence-corrected chi connectivity index (χ2v) is 5.16. The molecule has 0 aliphatic rings. The van der Waals surface area contributed by atoms with Gasteiger partial charge in [-0.25, -0.2) is 4.79 Å². The van der Waals surface area contributed by atoms with Crippen molar-refractivity contribution in [3.8, 4) is 11.1 Å². The topological polar surface area (TPSA) is 30.2 Å². The quantitative estimate of drug-likeness (QED) is 0.799. The van der Waals surface area contributed by atoms with E-state index in [2.05, 4.69) is 13.8 Å². The summed E-state index contributed by atoms with van der Waals surface area (Å²) in [7, 11) is 0. The maximum atomic E-state index is 12.3. The Morgan fingerprint density at radius 2 is 1.65 bits per heavy atom. The first-order chi connectivity index (χ1) is 9.69. The lowest BCUT2D eigenvalue weighted by Gasteiger charge is -2.13. The Kier molecular flexibility index (Phi) is 4.78. The van der Waals surface area contributed by atoms with E-state index in [1.807, 2.05) is 37.3 Å². The standard InChI is InChI=1S/C18H22O2/c1-4-9-15-13(3)17(14-11-7-6-8-12-14)18(19)20-16(15)10-5-2/h6-8,11-12H,4-5,9-10H2,1-3H3. The van der Waals surface area contributed by atoms with Gasteiger partial charge in [0, 0.05) is 6.42 Å². The van der Waals surface area contributed by atoms with Gasteiger partial charge in [0.15, 0.2) is 0 Å². The molecule has 2 rings (SSSR count). The lowest BCUT2D eigenvalue weighted by Crippen LogP contribution is -2.12. The highest BCUT2D eigenvalue weighted by atomic mass is 16.4. The van der Waals surface area contributed by atoms with E-state index in [-0.39, 0.29) is 5.63 Å². The number of aryl methyl sites for hydroxylation is 1. The zero-order valence-electron chi connectivity index (χ0n) is 12.5. The van der Waals surface area contributed by atoms with E-state index in [9.17, 15) is 4.79 Å². The maximum absolute atomic E-state index is 12.3. The van der Waals surface area contributed by atoms with Crippen molar-refractivity contribution in [2.45, 2.75) is 46.5 Å². The first-order valence-corrected chi connectivity index (χ1v) is 7.39. The molecule has 106 valence electrons. The monoisotopic (exact) mass is 270 g/mol. The number of hydrogen-bond donors (Lipinski definition) is 0. The predicted octanol–water partition coefficient (Wildman–Crippen LogP) is 4.52. The van der Waals surface area contributed by atoms with Crippen LogP contribution in [0, 0.1) is 6.92 Å². The van der Waals surface area contributed by atoms with Crippen molar-refractivity contribution in [2.75, 3.05) is 0 Å². The van der Waals surface area contributed by atoms with E-state index in [0.29, 0.717) is 5.56 Å². The van der Waals surface area contributed by atoms with Gasteiger partial charge in [-0.15, -0.1) is 0 Å². The zero-order valence-corrected chi connectivity index (χ0v) is 12.5. The summed E-state index contributed by atoms with van der Waals surface area (Å²) in [6.45, 7) is 6.31. The Bertz CT molecular complexity index is 624. The zero-order chi connectivity index (χ0) is 14.5. The van der Waals surface area contributed by atoms with Crippen molar-refractivity contribution in [2.24, 2.45) is 0 Å². The van der Waals surface area contributed by atoms with Crippen molar-refractivity contribution in [1.82, 2.24) is 0 Å². The van der Waals surface area contributed by atoms with Gasteiger partial charge in [-0.2, -0.15) is 0 Å². The van der Waals surface area contributed by atoms with E-state index in [4.69, 9.17) is 4.42 Å². The normalized spacial score (nSPS) is 10.8. The van der Waals surface area contributed by atoms with Gasteiger partial charge in [0.2, 0.25) is 0 Å². The van der Waals surface area contributed by atoms with Crippen LogP contribution in [-0.4, -0.2) is 0 Å². The average Bonchev–Trinajstić information content (AvgIpc) is 2.44. The summed E-state index contributed by atoms with van der Waals surface area (Å²) in [5.74, 6) is 0.872. The fraction of sp³-hybridized carbons (Fsp3) is 0.389. The van der Waals surface area contributed by atoms with Crippen LogP contribution < -0.4 is 5.63 Å². The minimum Gasteiger partial charge on any atom is -0.427 e. The Balaban J connectivity index is 2.65. The Morgan fingerprint density at radius 3 is 2.25 bits per heavy atom. The lowest BCUT2D eigenvalue weighted by atomic mass is 9.94. The van der Waals surface area contributed by atoms with Crippen LogP contribution in [0.4, 0.5) is 0 Å². The fourth-order valence-corrected chi connectivity index (χ4v) is 2.68. The Labute approximate surface area is 120 Å². The molecule has 1 aromatic heterocycles. The Morgan fingerprint density at radius 1 is 1.00 bits per heavy atom. The van der Waals surface area contributed by atoms with Crippen LogP contribution in [0.5, 0.6) is 0 Å². The molecule has 2 nitrogen and oxygen atoms in total. The van der Waals surface area contributed by atoms with Gasteiger partial charge in [-0.1, -0.05) is 50.6 Å². The molecule has 1 aromatic carbocycles. The van der Waals surface area contributed by atoms with Crippen LogP contribution >= 0.6 is 0 Å². The summed E-state index contributed by atoms with van der Waals surface area (Å²) in [6.07, 6.45) is 3.84. The third-order valence-electron chi connectivity index (χ3n) is 3.62. The number of rotatable bonds is 5. The van der Waals surface area contributed by atoms with Gasteiger partial charge in [0.25, 0.3) is 0 Å². The van der Waals surface area contributed by atoms with Gasteiger partial charge in [0.05, 0.1) is 5.56 Å². The number of hydrogen-bond acceptors (Lipinski definition) is 2. The molecule has 20 heavy (non-hydrogen) atoms. The van der Waals surface area contributed by atoms with Crippen LogP contribution in [0.25, 0.3) is 11.1 Å². The molecular formula is C18H22O2. The third kappa shape index (κ3) is 2.84. The average molecular weight is 270 g/mol. The first kappa shape index (κ1) is 14.6. The largest absolute Gasteiger partial charge is 0.427 e. The summed E-state index contributed by atoms with van der Waals surface area (Å²) in [4.78, 5) is 12.3. The molecule has 0 fully saturated rings. The molecule has 0 aliphatic heterocycles. The van der Waals surface area contributed by atoms with Crippen LogP contribution in [0.15, 0.2) is 39.5 Å². The summed E-state index contributed by atoms with van der Waals surface area (Å²) in [5, 5.41) is 0. The second kappa shape index (κ2) is 6.56. The molecule has 0 spiro atoms. The summed E-state index contributed by atoms with van der Waals surface area (Å²) >= 11 is 0. The van der Waals surface area contributed by atoms with E-state index in [0.717, 1.165) is 42.6 Å². The SMILES string of the molecule is CCCc1oc(=O)c(-c2ccccc2)c(C)c1CCC. The summed E-state index contributed by atoms with van der Waals surface area (Å²) in [5.41, 5.74) is 3.75. The smallest absolute Gasteiger partial charge is 0.344 e. The van der Waals surface area contributed by atoms with Gasteiger partial charge >= 0.3 is 5.63 Å². The molecule has 0 aliphatic carbocycles. The van der Waals surface area contributed by atoms with Crippen LogP contribution in [0.2, 0.25) is 0 Å². The van der Waals surface area contributed by atoms with Gasteiger partial charge < -0.3 is 4.42 Å². The maximum Gasteiger partial charge on any atom is 0.344 e. The van der Waals surface area contributed by atoms with Crippen LogP contribution in [0.1, 0.15) is 43.6 Å². The van der Waals surface area contributed by atoms with E-state index in [1.165, 1.54) is 5.56 Å². The molecule has 1 heterocycles. The predicted molar refractivity (Wildman–Crippen MR) is 83.1 cm³/mol. The van der Waals surface area contributed by atoms with Gasteiger partial charge in [0.1, 0.15) is 5.76 Å². The molecule has 2 aromatic rings. The van der Waals surface area contributed by atoms with Gasteiger partial charge in [-0.3, -0.25) is 0 Å². The fourth-order valence-electron chi connectivity index (χ4n) is 2.68. The molecule has 2 heteroatoms. The molecule has 0 radical (unpaired) electrons. The molecule has 0 atom stereocenters. The van der Waals surface area contributed by atoms with E-state index in [1.54, 1.807) is 0 Å². The highest BCUT2D eigenvalue weighted by Gasteiger charge is 2.16. The summed E-state index contributed by atoms with van der Waals surface area (Å²) in [6, 6.07) is 9.79. The van der Waals surface area contributed by atoms with Crippen LogP contribution in [-0.2, 0) is 12.8 Å². The molecule has 0 bridgehead atoms. The second-order valence-electron chi connectivity index (χ2n) is 5.16. The van der Waals surface area contributed by atoms with Crippen molar-refractivity contribution in [3.63, 3.8) is 0 Å². The number of benzene rings is 1. The lowest BCUT2D eigenvalue weighted by molar-refractivity contribution is 0.449. The molecule has 0 saturated heterocycles. The third-order valence-corrected chi connectivity index (χ3v) is 3.62. The molecular weight excluding hydrogens is 248 g/mol. The van der Waals surface area contributed by atoms with Crippen molar-refractivity contribution < 1.29 is 4.42 Å². The molecule has 0 amide bonds. The minimum atomic E-state index is -0.211. The summed E-state index contributed by atoms with van der Waals surface area (Å²) < 4.78 is 5.61. The van der Waals surface area contributed by atoms with Crippen molar-refractivity contribution >= 4 is 0 Å². The van der Waals surface area contributed by atoms with Crippen LogP contribution in [0.3, 0.4) is 0 Å².